The third-order valence-corrected chi connectivity index (χ3v) is 5.05. The Balaban J connectivity index is 1.33. The molecular formula is C24H26N4O. The zero-order chi connectivity index (χ0) is 20.1. The fraction of sp³-hybridized carbons (Fsp3) is 0.333. The van der Waals surface area contributed by atoms with Gasteiger partial charge in [-0.25, -0.2) is 0 Å². The van der Waals surface area contributed by atoms with Gasteiger partial charge in [0, 0.05) is 17.1 Å². The quantitative estimate of drug-likeness (QED) is 0.449. The number of oxime groups is 1. The SMILES string of the molecule is Cc1cccc(-c2cccc(CCCO/N=C3\CCCc4ccc(C)nc43)n2)n1. The van der Waals surface area contributed by atoms with Gasteiger partial charge in [0.05, 0.1) is 17.1 Å². The molecule has 3 aromatic rings. The van der Waals surface area contributed by atoms with E-state index in [-0.39, 0.29) is 0 Å². The lowest BCUT2D eigenvalue weighted by Crippen LogP contribution is -2.15. The highest BCUT2D eigenvalue weighted by atomic mass is 16.6. The Hall–Kier alpha value is -3.08. The largest absolute Gasteiger partial charge is 0.396 e. The maximum atomic E-state index is 5.63. The van der Waals surface area contributed by atoms with Crippen molar-refractivity contribution in [1.82, 2.24) is 15.0 Å². The molecule has 0 aliphatic heterocycles. The molecule has 148 valence electrons. The molecule has 0 radical (unpaired) electrons. The molecule has 0 aromatic carbocycles. The molecule has 1 aliphatic rings. The molecule has 0 unspecified atom stereocenters. The number of pyridine rings is 3. The lowest BCUT2D eigenvalue weighted by Gasteiger charge is -2.16. The predicted octanol–water partition coefficient (Wildman–Crippen LogP) is 4.85. The third kappa shape index (κ3) is 4.86. The first kappa shape index (κ1) is 19.2. The predicted molar refractivity (Wildman–Crippen MR) is 115 cm³/mol. The number of aryl methyl sites for hydroxylation is 4. The standard InChI is InChI=1S/C24H26N4O/c1-17-7-3-11-21(25-17)22-12-5-9-20(27-22)10-6-16-29-28-23-13-4-8-19-15-14-18(2)26-24(19)23/h3,5,7,9,11-12,14-15H,4,6,8,10,13,16H2,1-2H3/b28-23+. The maximum Gasteiger partial charge on any atom is 0.117 e. The lowest BCUT2D eigenvalue weighted by molar-refractivity contribution is 0.141. The van der Waals surface area contributed by atoms with Crippen LogP contribution in [0.1, 0.15) is 47.6 Å². The minimum absolute atomic E-state index is 0.569. The molecule has 3 heterocycles. The summed E-state index contributed by atoms with van der Waals surface area (Å²) in [6.45, 7) is 4.58. The first-order valence-corrected chi connectivity index (χ1v) is 10.2. The van der Waals surface area contributed by atoms with E-state index in [1.807, 2.05) is 44.2 Å². The molecule has 0 bridgehead atoms. The minimum Gasteiger partial charge on any atom is -0.396 e. The highest BCUT2D eigenvalue weighted by Gasteiger charge is 2.17. The molecule has 0 N–H and O–H groups in total. The Morgan fingerprint density at radius 1 is 0.862 bits per heavy atom. The van der Waals surface area contributed by atoms with E-state index in [2.05, 4.69) is 33.3 Å². The van der Waals surface area contributed by atoms with Crippen molar-refractivity contribution in [2.75, 3.05) is 6.61 Å². The molecule has 0 saturated carbocycles. The molecule has 0 saturated heterocycles. The maximum absolute atomic E-state index is 5.63. The average Bonchev–Trinajstić information content (AvgIpc) is 2.74. The second-order valence-corrected chi connectivity index (χ2v) is 7.47. The van der Waals surface area contributed by atoms with Crippen LogP contribution in [0.5, 0.6) is 0 Å². The van der Waals surface area contributed by atoms with Crippen LogP contribution in [0.4, 0.5) is 0 Å². The third-order valence-electron chi connectivity index (χ3n) is 5.05. The van der Waals surface area contributed by atoms with E-state index in [4.69, 9.17) is 9.82 Å². The second kappa shape index (κ2) is 8.95. The monoisotopic (exact) mass is 386 g/mol. The Labute approximate surface area is 171 Å². The van der Waals surface area contributed by atoms with Gasteiger partial charge in [-0.1, -0.05) is 23.4 Å². The van der Waals surface area contributed by atoms with E-state index in [1.165, 1.54) is 5.56 Å². The topological polar surface area (TPSA) is 60.3 Å². The van der Waals surface area contributed by atoms with Gasteiger partial charge in [0.15, 0.2) is 0 Å². The number of fused-ring (bicyclic) bond motifs is 1. The van der Waals surface area contributed by atoms with Gasteiger partial charge < -0.3 is 4.84 Å². The summed E-state index contributed by atoms with van der Waals surface area (Å²) < 4.78 is 0. The van der Waals surface area contributed by atoms with Crippen LogP contribution in [0.25, 0.3) is 11.4 Å². The van der Waals surface area contributed by atoms with Crippen LogP contribution in [-0.2, 0) is 17.7 Å². The summed E-state index contributed by atoms with van der Waals surface area (Å²) in [4.78, 5) is 19.6. The van der Waals surface area contributed by atoms with Crippen LogP contribution in [0, 0.1) is 13.8 Å². The van der Waals surface area contributed by atoms with Crippen LogP contribution in [0.15, 0.2) is 53.7 Å². The molecule has 0 fully saturated rings. The summed E-state index contributed by atoms with van der Waals surface area (Å²) in [5, 5.41) is 4.40. The van der Waals surface area contributed by atoms with Gasteiger partial charge in [-0.15, -0.1) is 0 Å². The summed E-state index contributed by atoms with van der Waals surface area (Å²) in [6.07, 6.45) is 4.81. The number of rotatable bonds is 6. The number of hydrogen-bond donors (Lipinski definition) is 0. The highest BCUT2D eigenvalue weighted by molar-refractivity contribution is 6.00. The van der Waals surface area contributed by atoms with Crippen molar-refractivity contribution in [3.05, 3.63) is 76.9 Å². The van der Waals surface area contributed by atoms with Gasteiger partial charge >= 0.3 is 0 Å². The van der Waals surface area contributed by atoms with Crippen molar-refractivity contribution < 1.29 is 4.84 Å². The summed E-state index contributed by atoms with van der Waals surface area (Å²) in [7, 11) is 0. The highest BCUT2D eigenvalue weighted by Crippen LogP contribution is 2.21. The molecule has 4 rings (SSSR count). The van der Waals surface area contributed by atoms with E-state index >= 15 is 0 Å². The molecule has 3 aromatic heterocycles. The minimum atomic E-state index is 0.569. The van der Waals surface area contributed by atoms with Crippen molar-refractivity contribution in [3.8, 4) is 11.4 Å². The van der Waals surface area contributed by atoms with Crippen molar-refractivity contribution in [1.29, 1.82) is 0 Å². The van der Waals surface area contributed by atoms with E-state index < -0.39 is 0 Å². The van der Waals surface area contributed by atoms with Gasteiger partial charge in [0.2, 0.25) is 0 Å². The van der Waals surface area contributed by atoms with Gasteiger partial charge in [-0.2, -0.15) is 0 Å². The van der Waals surface area contributed by atoms with Gasteiger partial charge in [0.1, 0.15) is 12.3 Å². The molecule has 0 amide bonds. The van der Waals surface area contributed by atoms with Crippen LogP contribution in [0.3, 0.4) is 0 Å². The van der Waals surface area contributed by atoms with Crippen molar-refractivity contribution in [2.45, 2.75) is 46.0 Å². The van der Waals surface area contributed by atoms with Crippen LogP contribution in [-0.4, -0.2) is 27.3 Å². The van der Waals surface area contributed by atoms with E-state index in [1.54, 1.807) is 0 Å². The molecule has 5 nitrogen and oxygen atoms in total. The van der Waals surface area contributed by atoms with E-state index in [0.29, 0.717) is 6.61 Å². The molecular weight excluding hydrogens is 360 g/mol. The normalized spacial score (nSPS) is 14.6. The molecule has 29 heavy (non-hydrogen) atoms. The zero-order valence-corrected chi connectivity index (χ0v) is 17.1. The molecule has 0 spiro atoms. The lowest BCUT2D eigenvalue weighted by atomic mass is 9.94. The number of aromatic nitrogens is 3. The van der Waals surface area contributed by atoms with Crippen molar-refractivity contribution in [3.63, 3.8) is 0 Å². The van der Waals surface area contributed by atoms with Gasteiger partial charge in [-0.05, 0) is 81.8 Å². The smallest absolute Gasteiger partial charge is 0.117 e. The number of hydrogen-bond acceptors (Lipinski definition) is 5. The summed E-state index contributed by atoms with van der Waals surface area (Å²) in [5.74, 6) is 0. The molecule has 5 heteroatoms. The van der Waals surface area contributed by atoms with Crippen molar-refractivity contribution in [2.24, 2.45) is 5.16 Å². The Bertz CT molecular complexity index is 1030. The first-order valence-electron chi connectivity index (χ1n) is 10.2. The zero-order valence-electron chi connectivity index (χ0n) is 17.1. The van der Waals surface area contributed by atoms with Gasteiger partial charge in [-0.3, -0.25) is 15.0 Å². The summed E-state index contributed by atoms with van der Waals surface area (Å²) in [5.41, 5.74) is 8.14. The van der Waals surface area contributed by atoms with Crippen LogP contribution in [0.2, 0.25) is 0 Å². The van der Waals surface area contributed by atoms with E-state index in [9.17, 15) is 0 Å². The second-order valence-electron chi connectivity index (χ2n) is 7.47. The van der Waals surface area contributed by atoms with Crippen LogP contribution >= 0.6 is 0 Å². The van der Waals surface area contributed by atoms with Crippen molar-refractivity contribution >= 4 is 5.71 Å². The number of nitrogens with zero attached hydrogens (tertiary/aromatic N) is 4. The Morgan fingerprint density at radius 2 is 1.66 bits per heavy atom. The average molecular weight is 386 g/mol. The van der Waals surface area contributed by atoms with Crippen LogP contribution < -0.4 is 0 Å². The fourth-order valence-electron chi connectivity index (χ4n) is 3.58. The Kier molecular flexibility index (Phi) is 5.94. The summed E-state index contributed by atoms with van der Waals surface area (Å²) >= 11 is 0. The first-order chi connectivity index (χ1) is 14.2. The van der Waals surface area contributed by atoms with Gasteiger partial charge in [0.25, 0.3) is 0 Å². The Morgan fingerprint density at radius 3 is 2.52 bits per heavy atom. The van der Waals surface area contributed by atoms with E-state index in [0.717, 1.165) is 72.0 Å². The fourth-order valence-corrected chi connectivity index (χ4v) is 3.58. The summed E-state index contributed by atoms with van der Waals surface area (Å²) in [6, 6.07) is 16.3. The molecule has 1 aliphatic carbocycles. The molecule has 0 atom stereocenters.